The van der Waals surface area contributed by atoms with Crippen molar-refractivity contribution >= 4 is 5.91 Å². The second kappa shape index (κ2) is 6.72. The van der Waals surface area contributed by atoms with Crippen LogP contribution in [0.1, 0.15) is 11.5 Å². The lowest BCUT2D eigenvalue weighted by Crippen LogP contribution is -2.38. The second-order valence-electron chi connectivity index (χ2n) is 5.69. The van der Waals surface area contributed by atoms with Crippen LogP contribution in [0.25, 0.3) is 11.5 Å². The molecule has 0 saturated heterocycles. The summed E-state index contributed by atoms with van der Waals surface area (Å²) in [7, 11) is 0. The molecule has 4 rings (SSSR count). The van der Waals surface area contributed by atoms with Gasteiger partial charge in [0.25, 0.3) is 5.91 Å². The highest BCUT2D eigenvalue weighted by Gasteiger charge is 2.28. The molecule has 1 unspecified atom stereocenters. The van der Waals surface area contributed by atoms with Gasteiger partial charge in [0.15, 0.2) is 6.10 Å². The second-order valence-corrected chi connectivity index (χ2v) is 5.69. The predicted molar refractivity (Wildman–Crippen MR) is 88.8 cm³/mol. The number of aromatic nitrogens is 3. The van der Waals surface area contributed by atoms with Crippen molar-refractivity contribution in [1.82, 2.24) is 20.4 Å². The molecule has 1 aliphatic rings. The smallest absolute Gasteiger partial charge is 0.261 e. The van der Waals surface area contributed by atoms with Gasteiger partial charge in [0.2, 0.25) is 11.7 Å². The molecule has 3 aromatic rings. The number of hydrogen-bond acceptors (Lipinski definition) is 6. The van der Waals surface area contributed by atoms with Crippen LogP contribution in [0.5, 0.6) is 5.75 Å². The fourth-order valence-corrected chi connectivity index (χ4v) is 2.69. The van der Waals surface area contributed by atoms with E-state index in [1.165, 1.54) is 0 Å². The van der Waals surface area contributed by atoms with E-state index >= 15 is 0 Å². The molecular formula is C18H16N4O3. The van der Waals surface area contributed by atoms with Crippen LogP contribution in [0.3, 0.4) is 0 Å². The largest absolute Gasteiger partial charge is 0.480 e. The van der Waals surface area contributed by atoms with E-state index in [0.717, 1.165) is 11.3 Å². The molecule has 0 aliphatic carbocycles. The van der Waals surface area contributed by atoms with E-state index < -0.39 is 6.10 Å². The van der Waals surface area contributed by atoms with Crippen molar-refractivity contribution in [3.8, 4) is 17.3 Å². The monoisotopic (exact) mass is 336 g/mol. The SMILES string of the molecule is O=C(NCCc1nc(-c2ccccn2)no1)C1Cc2ccccc2O1. The van der Waals surface area contributed by atoms with Crippen molar-refractivity contribution in [2.75, 3.05) is 6.54 Å². The van der Waals surface area contributed by atoms with Gasteiger partial charge in [0, 0.05) is 25.6 Å². The Labute approximate surface area is 144 Å². The molecule has 25 heavy (non-hydrogen) atoms. The molecule has 1 aromatic carbocycles. The number of carbonyl (C=O) groups is 1. The molecule has 7 heteroatoms. The van der Waals surface area contributed by atoms with Crippen LogP contribution in [0.2, 0.25) is 0 Å². The van der Waals surface area contributed by atoms with Crippen molar-refractivity contribution in [3.63, 3.8) is 0 Å². The molecular weight excluding hydrogens is 320 g/mol. The molecule has 0 bridgehead atoms. The van der Waals surface area contributed by atoms with Gasteiger partial charge < -0.3 is 14.6 Å². The van der Waals surface area contributed by atoms with E-state index in [1.807, 2.05) is 42.5 Å². The zero-order valence-corrected chi connectivity index (χ0v) is 13.4. The quantitative estimate of drug-likeness (QED) is 0.764. The number of rotatable bonds is 5. The Hall–Kier alpha value is -3.22. The van der Waals surface area contributed by atoms with Crippen molar-refractivity contribution in [2.24, 2.45) is 0 Å². The molecule has 1 aliphatic heterocycles. The van der Waals surface area contributed by atoms with Crippen LogP contribution < -0.4 is 10.1 Å². The van der Waals surface area contributed by atoms with Crippen molar-refractivity contribution < 1.29 is 14.1 Å². The van der Waals surface area contributed by atoms with Gasteiger partial charge in [-0.15, -0.1) is 0 Å². The molecule has 0 saturated carbocycles. The van der Waals surface area contributed by atoms with E-state index in [4.69, 9.17) is 9.26 Å². The summed E-state index contributed by atoms with van der Waals surface area (Å²) in [6, 6.07) is 13.2. The third kappa shape index (κ3) is 3.35. The predicted octanol–water partition coefficient (Wildman–Crippen LogP) is 1.79. The molecule has 3 heterocycles. The molecule has 2 aromatic heterocycles. The minimum absolute atomic E-state index is 0.138. The van der Waals surface area contributed by atoms with Gasteiger partial charge in [-0.2, -0.15) is 4.98 Å². The fraction of sp³-hybridized carbons (Fsp3) is 0.222. The zero-order valence-electron chi connectivity index (χ0n) is 13.4. The standard InChI is InChI=1S/C18H16N4O3/c23-18(15-11-12-5-1-2-7-14(12)24-15)20-10-8-16-21-17(22-25-16)13-6-3-4-9-19-13/h1-7,9,15H,8,10-11H2,(H,20,23). The highest BCUT2D eigenvalue weighted by molar-refractivity contribution is 5.82. The van der Waals surface area contributed by atoms with Crippen molar-refractivity contribution in [2.45, 2.75) is 18.9 Å². The number of amides is 1. The van der Waals surface area contributed by atoms with Crippen molar-refractivity contribution in [1.29, 1.82) is 0 Å². The van der Waals surface area contributed by atoms with Gasteiger partial charge in [-0.1, -0.05) is 29.4 Å². The lowest BCUT2D eigenvalue weighted by Gasteiger charge is -2.10. The first-order valence-corrected chi connectivity index (χ1v) is 8.06. The number of nitrogens with zero attached hydrogens (tertiary/aromatic N) is 3. The number of fused-ring (bicyclic) bond motifs is 1. The molecule has 0 fully saturated rings. The van der Waals surface area contributed by atoms with E-state index in [1.54, 1.807) is 6.20 Å². The lowest BCUT2D eigenvalue weighted by atomic mass is 10.1. The topological polar surface area (TPSA) is 90.1 Å². The maximum absolute atomic E-state index is 12.2. The molecule has 1 atom stereocenters. The van der Waals surface area contributed by atoms with E-state index in [-0.39, 0.29) is 5.91 Å². The van der Waals surface area contributed by atoms with Crippen LogP contribution >= 0.6 is 0 Å². The number of para-hydroxylation sites is 1. The Balaban J connectivity index is 1.29. The number of pyridine rings is 1. The summed E-state index contributed by atoms with van der Waals surface area (Å²) in [6.45, 7) is 0.402. The minimum Gasteiger partial charge on any atom is -0.480 e. The first-order chi connectivity index (χ1) is 12.3. The summed E-state index contributed by atoms with van der Waals surface area (Å²) in [5, 5.41) is 6.75. The number of hydrogen-bond donors (Lipinski definition) is 1. The molecule has 1 N–H and O–H groups in total. The maximum Gasteiger partial charge on any atom is 0.261 e. The van der Waals surface area contributed by atoms with Crippen molar-refractivity contribution in [3.05, 3.63) is 60.1 Å². The number of nitrogens with one attached hydrogen (secondary N) is 1. The van der Waals surface area contributed by atoms with Gasteiger partial charge in [-0.05, 0) is 23.8 Å². The summed E-state index contributed by atoms with van der Waals surface area (Å²) in [4.78, 5) is 20.7. The minimum atomic E-state index is -0.482. The van der Waals surface area contributed by atoms with E-state index in [0.29, 0.717) is 36.8 Å². The van der Waals surface area contributed by atoms with Crippen LogP contribution in [-0.4, -0.2) is 33.7 Å². The lowest BCUT2D eigenvalue weighted by molar-refractivity contribution is -0.127. The number of carbonyl (C=O) groups excluding carboxylic acids is 1. The Morgan fingerprint density at radius 2 is 2.08 bits per heavy atom. The number of benzene rings is 1. The zero-order chi connectivity index (χ0) is 17.1. The van der Waals surface area contributed by atoms with Gasteiger partial charge in [-0.25, -0.2) is 0 Å². The summed E-state index contributed by atoms with van der Waals surface area (Å²) in [6.07, 6.45) is 2.23. The van der Waals surface area contributed by atoms with E-state index in [2.05, 4.69) is 20.4 Å². The third-order valence-electron chi connectivity index (χ3n) is 3.94. The van der Waals surface area contributed by atoms with Gasteiger partial charge >= 0.3 is 0 Å². The first kappa shape index (κ1) is 15.3. The van der Waals surface area contributed by atoms with Gasteiger partial charge in [0.05, 0.1) is 0 Å². The maximum atomic E-state index is 12.2. The Morgan fingerprint density at radius 3 is 2.92 bits per heavy atom. The van der Waals surface area contributed by atoms with Crippen LogP contribution in [0, 0.1) is 0 Å². The average molecular weight is 336 g/mol. The summed E-state index contributed by atoms with van der Waals surface area (Å²) < 4.78 is 10.9. The van der Waals surface area contributed by atoms with Gasteiger partial charge in [0.1, 0.15) is 11.4 Å². The fourth-order valence-electron chi connectivity index (χ4n) is 2.69. The van der Waals surface area contributed by atoms with Crippen LogP contribution in [0.4, 0.5) is 0 Å². The normalized spacial score (nSPS) is 15.4. The molecule has 7 nitrogen and oxygen atoms in total. The Bertz CT molecular complexity index is 854. The van der Waals surface area contributed by atoms with Gasteiger partial charge in [-0.3, -0.25) is 9.78 Å². The first-order valence-electron chi connectivity index (χ1n) is 8.06. The van der Waals surface area contributed by atoms with Crippen LogP contribution in [-0.2, 0) is 17.6 Å². The summed E-state index contributed by atoms with van der Waals surface area (Å²) >= 11 is 0. The average Bonchev–Trinajstić information content (AvgIpc) is 3.29. The van der Waals surface area contributed by atoms with E-state index in [9.17, 15) is 4.79 Å². The highest BCUT2D eigenvalue weighted by atomic mass is 16.5. The summed E-state index contributed by atoms with van der Waals surface area (Å²) in [5.41, 5.74) is 1.71. The molecule has 0 spiro atoms. The Morgan fingerprint density at radius 1 is 1.20 bits per heavy atom. The summed E-state index contributed by atoms with van der Waals surface area (Å²) in [5.74, 6) is 1.54. The number of ether oxygens (including phenoxy) is 1. The highest BCUT2D eigenvalue weighted by Crippen LogP contribution is 2.28. The molecule has 1 amide bonds. The van der Waals surface area contributed by atoms with Crippen LogP contribution in [0.15, 0.2) is 53.2 Å². The Kier molecular flexibility index (Phi) is 4.12. The third-order valence-corrected chi connectivity index (χ3v) is 3.94. The molecule has 126 valence electrons. The molecule has 0 radical (unpaired) electrons.